The van der Waals surface area contributed by atoms with E-state index in [9.17, 15) is 14.3 Å². The molecule has 10 heteroatoms. The number of aliphatic carboxylic acids is 1. The predicted molar refractivity (Wildman–Crippen MR) is 148 cm³/mol. The van der Waals surface area contributed by atoms with E-state index in [2.05, 4.69) is 17.4 Å². The number of ether oxygens (including phenoxy) is 2. The number of halogens is 1. The number of likely N-dealkylation sites (tertiary alicyclic amines) is 1. The van der Waals surface area contributed by atoms with E-state index in [1.807, 2.05) is 11.8 Å². The van der Waals surface area contributed by atoms with Gasteiger partial charge >= 0.3 is 5.97 Å². The van der Waals surface area contributed by atoms with Gasteiger partial charge in [-0.25, -0.2) is 9.37 Å². The molecule has 5 rings (SSSR count). The Morgan fingerprint density at radius 2 is 2.10 bits per heavy atom. The van der Waals surface area contributed by atoms with E-state index in [4.69, 9.17) is 24.4 Å². The number of carbonyl (C=O) groups is 2. The number of aromatic nitrogens is 1. The number of anilines is 1. The summed E-state index contributed by atoms with van der Waals surface area (Å²) in [5, 5.41) is 20.4. The van der Waals surface area contributed by atoms with Crippen LogP contribution in [0, 0.1) is 5.82 Å². The van der Waals surface area contributed by atoms with Crippen molar-refractivity contribution < 1.29 is 33.7 Å². The van der Waals surface area contributed by atoms with Crippen LogP contribution in [0.15, 0.2) is 30.3 Å². The second kappa shape index (κ2) is 14.0. The third-order valence-electron chi connectivity index (χ3n) is 7.84. The maximum Gasteiger partial charge on any atom is 0.325 e. The first-order valence-electron chi connectivity index (χ1n) is 14.1. The summed E-state index contributed by atoms with van der Waals surface area (Å²) in [4.78, 5) is 27.4. The fraction of sp³-hybridized carbons (Fsp3) is 0.567. The fourth-order valence-electron chi connectivity index (χ4n) is 5.30. The zero-order valence-corrected chi connectivity index (χ0v) is 23.1. The second-order valence-electron chi connectivity index (χ2n) is 11.0. The van der Waals surface area contributed by atoms with E-state index in [1.165, 1.54) is 17.7 Å². The lowest BCUT2D eigenvalue weighted by atomic mass is 9.99. The topological polar surface area (TPSA) is 121 Å². The van der Waals surface area contributed by atoms with E-state index in [0.29, 0.717) is 31.9 Å². The quantitative estimate of drug-likeness (QED) is 0.254. The Kier molecular flexibility index (Phi) is 10.5. The van der Waals surface area contributed by atoms with Crippen molar-refractivity contribution in [3.05, 3.63) is 58.5 Å². The van der Waals surface area contributed by atoms with Crippen LogP contribution in [0.3, 0.4) is 0 Å². The Balaban J connectivity index is 0.00000118. The van der Waals surface area contributed by atoms with Crippen molar-refractivity contribution in [1.82, 2.24) is 9.88 Å². The summed E-state index contributed by atoms with van der Waals surface area (Å²) in [5.74, 6) is -0.371. The molecule has 1 unspecified atom stereocenters. The van der Waals surface area contributed by atoms with Gasteiger partial charge in [0.05, 0.1) is 18.3 Å². The molecule has 2 aromatic rings. The van der Waals surface area contributed by atoms with Crippen LogP contribution in [0.1, 0.15) is 73.9 Å². The normalized spacial score (nSPS) is 20.0. The molecule has 1 saturated carbocycles. The molecule has 218 valence electrons. The Bertz CT molecular complexity index is 1160. The minimum Gasteiger partial charge on any atom is -0.483 e. The van der Waals surface area contributed by atoms with Gasteiger partial charge < -0.3 is 25.0 Å². The first kappa shape index (κ1) is 29.9. The number of unbranched alkanes of at least 4 members (excludes halogenated alkanes) is 1. The van der Waals surface area contributed by atoms with Gasteiger partial charge in [-0.2, -0.15) is 0 Å². The number of carboxylic acids is 1. The van der Waals surface area contributed by atoms with Gasteiger partial charge in [0.25, 0.3) is 6.47 Å². The molecule has 0 spiro atoms. The van der Waals surface area contributed by atoms with E-state index in [-0.39, 0.29) is 18.2 Å². The Hall–Kier alpha value is -3.08. The number of benzene rings is 1. The van der Waals surface area contributed by atoms with Crippen LogP contribution in [0.2, 0.25) is 0 Å². The van der Waals surface area contributed by atoms with Gasteiger partial charge in [0, 0.05) is 31.9 Å². The summed E-state index contributed by atoms with van der Waals surface area (Å²) in [7, 11) is 0. The number of nitrogens with one attached hydrogen (secondary N) is 1. The third kappa shape index (κ3) is 8.22. The predicted octanol–water partition coefficient (Wildman–Crippen LogP) is 4.59. The summed E-state index contributed by atoms with van der Waals surface area (Å²) in [6.07, 6.45) is 7.83. The van der Waals surface area contributed by atoms with Crippen LogP contribution >= 0.6 is 0 Å². The average Bonchev–Trinajstić information content (AvgIpc) is 3.50. The van der Waals surface area contributed by atoms with Gasteiger partial charge in [-0.1, -0.05) is 12.1 Å². The molecule has 2 fully saturated rings. The van der Waals surface area contributed by atoms with Crippen LogP contribution in [0.5, 0.6) is 0 Å². The minimum absolute atomic E-state index is 0.0217. The van der Waals surface area contributed by atoms with Gasteiger partial charge in [-0.3, -0.25) is 14.5 Å². The van der Waals surface area contributed by atoms with E-state index < -0.39 is 17.8 Å². The number of hydrogen-bond acceptors (Lipinski definition) is 7. The third-order valence-corrected chi connectivity index (χ3v) is 7.84. The summed E-state index contributed by atoms with van der Waals surface area (Å²) in [6, 6.07) is 7.79. The van der Waals surface area contributed by atoms with Crippen LogP contribution in [0.4, 0.5) is 10.2 Å². The largest absolute Gasteiger partial charge is 0.483 e. The van der Waals surface area contributed by atoms with Crippen molar-refractivity contribution >= 4 is 18.3 Å². The molecule has 9 nitrogen and oxygen atoms in total. The van der Waals surface area contributed by atoms with Gasteiger partial charge in [-0.15, -0.1) is 0 Å². The number of fused-ring (bicyclic) bond motifs is 1. The number of aryl methyl sites for hydroxylation is 2. The number of carboxylic acid groups (broad SMARTS) is 2. The van der Waals surface area contributed by atoms with Crippen LogP contribution < -0.4 is 5.32 Å². The molecule has 2 atom stereocenters. The monoisotopic (exact) mass is 557 g/mol. The lowest BCUT2D eigenvalue weighted by molar-refractivity contribution is -0.143. The lowest BCUT2D eigenvalue weighted by Gasteiger charge is -2.27. The SMILES string of the molecule is CC1(OCc2ccc(F)cc2C(C(=O)O)N2CC[C@@H](OCCCCc3ccc4c(n3)NCCC4)C2)CC1.O=CO. The molecular weight excluding hydrogens is 517 g/mol. The number of hydrogen-bond donors (Lipinski definition) is 3. The molecule has 1 aliphatic carbocycles. The molecule has 1 aromatic heterocycles. The maximum atomic E-state index is 14.2. The van der Waals surface area contributed by atoms with Gasteiger partial charge in [0.15, 0.2) is 0 Å². The summed E-state index contributed by atoms with van der Waals surface area (Å²) < 4.78 is 26.3. The standard InChI is InChI=1S/C29H38FN3O4.CH2O2/c1-29(12-13-29)37-19-21-7-9-22(30)17-25(21)26(28(34)35)33-15-11-24(18-33)36-16-3-2-6-23-10-8-20-5-4-14-31-27(20)32-23;2-1-3/h7-10,17,24,26H,2-6,11-16,18-19H2,1H3,(H,31,32)(H,34,35);1H,(H,2,3)/t24-,26?;/m1./s1. The average molecular weight is 558 g/mol. The van der Waals surface area contributed by atoms with Gasteiger partial charge in [-0.05, 0) is 93.2 Å². The Morgan fingerprint density at radius 3 is 2.85 bits per heavy atom. The zero-order chi connectivity index (χ0) is 28.5. The lowest BCUT2D eigenvalue weighted by Crippen LogP contribution is -2.34. The van der Waals surface area contributed by atoms with Crippen LogP contribution in [-0.2, 0) is 38.5 Å². The molecule has 2 aliphatic heterocycles. The number of rotatable bonds is 12. The fourth-order valence-corrected chi connectivity index (χ4v) is 5.30. The van der Waals surface area contributed by atoms with Crippen LogP contribution in [-0.4, -0.2) is 70.5 Å². The molecule has 1 saturated heterocycles. The number of nitrogens with zero attached hydrogens (tertiary/aromatic N) is 2. The highest BCUT2D eigenvalue weighted by molar-refractivity contribution is 5.76. The molecule has 0 amide bonds. The molecule has 3 heterocycles. The first-order chi connectivity index (χ1) is 19.3. The van der Waals surface area contributed by atoms with Gasteiger partial charge in [0.2, 0.25) is 0 Å². The van der Waals surface area contributed by atoms with Crippen LogP contribution in [0.25, 0.3) is 0 Å². The molecular formula is C30H40FN3O6. The van der Waals surface area contributed by atoms with Crippen molar-refractivity contribution in [1.29, 1.82) is 0 Å². The maximum absolute atomic E-state index is 14.2. The van der Waals surface area contributed by atoms with Gasteiger partial charge in [0.1, 0.15) is 17.7 Å². The van der Waals surface area contributed by atoms with Crippen molar-refractivity contribution in [3.8, 4) is 0 Å². The molecule has 3 N–H and O–H groups in total. The van der Waals surface area contributed by atoms with E-state index >= 15 is 0 Å². The highest BCUT2D eigenvalue weighted by Crippen LogP contribution is 2.40. The summed E-state index contributed by atoms with van der Waals surface area (Å²) in [6.45, 7) is 4.83. The first-order valence-corrected chi connectivity index (χ1v) is 14.1. The second-order valence-corrected chi connectivity index (χ2v) is 11.0. The molecule has 40 heavy (non-hydrogen) atoms. The van der Waals surface area contributed by atoms with Crippen molar-refractivity contribution in [2.24, 2.45) is 0 Å². The zero-order valence-electron chi connectivity index (χ0n) is 23.1. The molecule has 3 aliphatic rings. The van der Waals surface area contributed by atoms with Crippen molar-refractivity contribution in [2.75, 3.05) is 31.6 Å². The molecule has 0 bridgehead atoms. The summed E-state index contributed by atoms with van der Waals surface area (Å²) in [5.41, 5.74) is 3.49. The van der Waals surface area contributed by atoms with Crippen molar-refractivity contribution in [3.63, 3.8) is 0 Å². The van der Waals surface area contributed by atoms with E-state index in [1.54, 1.807) is 6.07 Å². The highest BCUT2D eigenvalue weighted by Gasteiger charge is 2.39. The molecule has 1 aromatic carbocycles. The number of pyridine rings is 1. The smallest absolute Gasteiger partial charge is 0.325 e. The molecule has 0 radical (unpaired) electrons. The minimum atomic E-state index is -0.975. The van der Waals surface area contributed by atoms with Crippen molar-refractivity contribution in [2.45, 2.75) is 82.6 Å². The Morgan fingerprint density at radius 1 is 1.30 bits per heavy atom. The summed E-state index contributed by atoms with van der Waals surface area (Å²) >= 11 is 0. The highest BCUT2D eigenvalue weighted by atomic mass is 19.1. The van der Waals surface area contributed by atoms with E-state index in [0.717, 1.165) is 75.0 Å². The Labute approximate surface area is 234 Å².